The average molecular weight is 679 g/mol. The van der Waals surface area contributed by atoms with Crippen LogP contribution < -0.4 is 10.6 Å². The molecule has 0 aromatic heterocycles. The maximum Gasteiger partial charge on any atom is 0.416 e. The molecule has 5 aromatic carbocycles. The van der Waals surface area contributed by atoms with Gasteiger partial charge in [0.05, 0.1) is 17.7 Å². The number of aryl methyl sites for hydroxylation is 1. The van der Waals surface area contributed by atoms with Crippen LogP contribution in [-0.2, 0) is 17.3 Å². The van der Waals surface area contributed by atoms with Crippen molar-refractivity contribution in [3.8, 4) is 11.1 Å². The number of benzene rings is 5. The Hall–Kier alpha value is -5.65. The van der Waals surface area contributed by atoms with E-state index < -0.39 is 42.2 Å². The number of carbonyl (C=O) groups is 3. The van der Waals surface area contributed by atoms with E-state index in [-0.39, 0.29) is 36.1 Å². The van der Waals surface area contributed by atoms with Crippen molar-refractivity contribution in [1.29, 1.82) is 0 Å². The highest BCUT2D eigenvalue weighted by Gasteiger charge is 2.30. The summed E-state index contributed by atoms with van der Waals surface area (Å²) in [6, 6.07) is 27.1. The van der Waals surface area contributed by atoms with E-state index in [9.17, 15) is 40.7 Å². The van der Waals surface area contributed by atoms with Crippen molar-refractivity contribution in [3.05, 3.63) is 137 Å². The summed E-state index contributed by atoms with van der Waals surface area (Å²) in [6.45, 7) is -1.50. The van der Waals surface area contributed by atoms with Crippen molar-refractivity contribution in [2.75, 3.05) is 18.5 Å². The van der Waals surface area contributed by atoms with Crippen LogP contribution in [0.3, 0.4) is 0 Å². The van der Waals surface area contributed by atoms with Crippen LogP contribution in [-0.4, -0.2) is 37.1 Å². The Kier molecular flexibility index (Phi) is 10.4. The van der Waals surface area contributed by atoms with Crippen molar-refractivity contribution in [1.82, 2.24) is 5.32 Å². The van der Waals surface area contributed by atoms with Crippen molar-refractivity contribution < 1.29 is 45.5 Å². The Morgan fingerprint density at radius 3 is 2.04 bits per heavy atom. The monoisotopic (exact) mass is 678 g/mol. The van der Waals surface area contributed by atoms with E-state index in [1.54, 1.807) is 48.5 Å². The first-order chi connectivity index (χ1) is 23.3. The summed E-state index contributed by atoms with van der Waals surface area (Å²) in [6.07, 6.45) is -8.51. The highest BCUT2D eigenvalue weighted by molar-refractivity contribution is 6.09. The van der Waals surface area contributed by atoms with Gasteiger partial charge in [-0.3, -0.25) is 9.59 Å². The highest BCUT2D eigenvalue weighted by atomic mass is 19.4. The molecule has 0 aliphatic rings. The Morgan fingerprint density at radius 1 is 0.673 bits per heavy atom. The Morgan fingerprint density at radius 2 is 1.35 bits per heavy atom. The maximum atomic E-state index is 13.1. The summed E-state index contributed by atoms with van der Waals surface area (Å²) in [5.41, 5.74) is 1.49. The first-order valence-corrected chi connectivity index (χ1v) is 15.0. The van der Waals surface area contributed by atoms with Gasteiger partial charge in [-0.1, -0.05) is 60.7 Å². The molecule has 0 heterocycles. The Bertz CT molecular complexity index is 1970. The van der Waals surface area contributed by atoms with E-state index >= 15 is 0 Å². The van der Waals surface area contributed by atoms with E-state index in [1.807, 2.05) is 11.4 Å². The number of anilines is 1. The van der Waals surface area contributed by atoms with Gasteiger partial charge in [-0.2, -0.15) is 26.3 Å². The minimum Gasteiger partial charge on any atom is -0.462 e. The van der Waals surface area contributed by atoms with Crippen molar-refractivity contribution in [2.24, 2.45) is 0 Å². The van der Waals surface area contributed by atoms with Gasteiger partial charge in [0.2, 0.25) is 0 Å². The van der Waals surface area contributed by atoms with Crippen molar-refractivity contribution in [2.45, 2.75) is 25.2 Å². The lowest BCUT2D eigenvalue weighted by Crippen LogP contribution is -2.34. The molecule has 5 aromatic rings. The SMILES string of the molecule is O=C(OCCCc1c(C(=O)NCC(F)(F)F)ccc2ccccc12)c1ccc(NC(=O)c2ccccc2-c2ccc(C(F)(F)F)cc2)cc1. The minimum atomic E-state index is -4.56. The van der Waals surface area contributed by atoms with Crippen molar-refractivity contribution in [3.63, 3.8) is 0 Å². The minimum absolute atomic E-state index is 0.0368. The molecule has 252 valence electrons. The lowest BCUT2D eigenvalue weighted by Gasteiger charge is -2.14. The number of carbonyl (C=O) groups excluding carboxylic acids is 3. The van der Waals surface area contributed by atoms with Crippen LogP contribution in [0.5, 0.6) is 0 Å². The van der Waals surface area contributed by atoms with Gasteiger partial charge in [-0.25, -0.2) is 4.79 Å². The second kappa shape index (κ2) is 14.6. The zero-order chi connectivity index (χ0) is 35.2. The first-order valence-electron chi connectivity index (χ1n) is 15.0. The number of fused-ring (bicyclic) bond motifs is 1. The van der Waals surface area contributed by atoms with E-state index in [2.05, 4.69) is 5.32 Å². The van der Waals surface area contributed by atoms with Gasteiger partial charge in [0.25, 0.3) is 11.8 Å². The second-order valence-corrected chi connectivity index (χ2v) is 11.0. The van der Waals surface area contributed by atoms with Gasteiger partial charge < -0.3 is 15.4 Å². The number of nitrogens with one attached hydrogen (secondary N) is 2. The number of hydrogen-bond acceptors (Lipinski definition) is 4. The molecule has 0 fully saturated rings. The zero-order valence-electron chi connectivity index (χ0n) is 25.6. The van der Waals surface area contributed by atoms with Crippen LogP contribution in [0.2, 0.25) is 0 Å². The fourth-order valence-corrected chi connectivity index (χ4v) is 5.25. The summed E-state index contributed by atoms with van der Waals surface area (Å²) in [5.74, 6) is -2.01. The average Bonchev–Trinajstić information content (AvgIpc) is 3.08. The normalized spacial score (nSPS) is 11.6. The molecule has 2 amide bonds. The smallest absolute Gasteiger partial charge is 0.416 e. The van der Waals surface area contributed by atoms with Crippen molar-refractivity contribution >= 4 is 34.2 Å². The third-order valence-electron chi connectivity index (χ3n) is 7.61. The third kappa shape index (κ3) is 8.83. The van der Waals surface area contributed by atoms with Gasteiger partial charge in [-0.15, -0.1) is 0 Å². The standard InChI is InChI=1S/C37H28F6N2O4/c38-36(39,40)22-44-33(46)32-20-15-23-6-1-2-7-28(23)30(32)10-5-21-49-35(48)25-13-18-27(19-14-25)45-34(47)31-9-4-3-8-29(31)24-11-16-26(17-12-24)37(41,42)43/h1-4,6-9,11-20H,5,10,21-22H2,(H,44,46)(H,45,47). The summed E-state index contributed by atoms with van der Waals surface area (Å²) >= 11 is 0. The molecular formula is C37H28F6N2O4. The molecular weight excluding hydrogens is 650 g/mol. The predicted molar refractivity (Wildman–Crippen MR) is 172 cm³/mol. The number of halogens is 6. The molecule has 2 N–H and O–H groups in total. The van der Waals surface area contributed by atoms with Crippen LogP contribution >= 0.6 is 0 Å². The Labute approximate surface area is 276 Å². The number of amides is 2. The molecule has 0 aliphatic carbocycles. The fourth-order valence-electron chi connectivity index (χ4n) is 5.25. The van der Waals surface area contributed by atoms with Gasteiger partial charge >= 0.3 is 18.3 Å². The molecule has 0 saturated carbocycles. The number of rotatable bonds is 10. The van der Waals surface area contributed by atoms with Crippen LogP contribution in [0.1, 0.15) is 48.6 Å². The molecule has 49 heavy (non-hydrogen) atoms. The van der Waals surface area contributed by atoms with Gasteiger partial charge in [-0.05, 0) is 88.8 Å². The molecule has 12 heteroatoms. The predicted octanol–water partition coefficient (Wildman–Crippen LogP) is 8.86. The second-order valence-electron chi connectivity index (χ2n) is 11.0. The number of alkyl halides is 6. The van der Waals surface area contributed by atoms with Crippen LogP contribution in [0.4, 0.5) is 32.0 Å². The summed E-state index contributed by atoms with van der Waals surface area (Å²) in [7, 11) is 0. The molecule has 0 radical (unpaired) electrons. The topological polar surface area (TPSA) is 84.5 Å². The summed E-state index contributed by atoms with van der Waals surface area (Å²) < 4.78 is 82.5. The molecule has 0 spiro atoms. The first kappa shape index (κ1) is 34.7. The van der Waals surface area contributed by atoms with Gasteiger partial charge in [0, 0.05) is 16.8 Å². The van der Waals surface area contributed by atoms with Crippen LogP contribution in [0, 0.1) is 0 Å². The number of hydrogen-bond donors (Lipinski definition) is 2. The van der Waals surface area contributed by atoms with E-state index in [0.29, 0.717) is 27.8 Å². The number of esters is 1. The summed E-state index contributed by atoms with van der Waals surface area (Å²) in [4.78, 5) is 38.5. The molecule has 5 rings (SSSR count). The third-order valence-corrected chi connectivity index (χ3v) is 7.61. The quantitative estimate of drug-likeness (QED) is 0.0879. The molecule has 0 atom stereocenters. The summed E-state index contributed by atoms with van der Waals surface area (Å²) in [5, 5.41) is 6.13. The van der Waals surface area contributed by atoms with E-state index in [4.69, 9.17) is 4.74 Å². The lowest BCUT2D eigenvalue weighted by atomic mass is 9.95. The van der Waals surface area contributed by atoms with Gasteiger partial charge in [0.1, 0.15) is 6.54 Å². The number of ether oxygens (including phenoxy) is 1. The molecule has 0 unspecified atom stereocenters. The van der Waals surface area contributed by atoms with Gasteiger partial charge in [0.15, 0.2) is 0 Å². The lowest BCUT2D eigenvalue weighted by molar-refractivity contribution is -0.137. The van der Waals surface area contributed by atoms with E-state index in [0.717, 1.165) is 17.5 Å². The molecule has 0 saturated heterocycles. The van der Waals surface area contributed by atoms with E-state index in [1.165, 1.54) is 42.5 Å². The molecule has 0 aliphatic heterocycles. The largest absolute Gasteiger partial charge is 0.462 e. The fraction of sp³-hybridized carbons (Fsp3) is 0.162. The highest BCUT2D eigenvalue weighted by Crippen LogP contribution is 2.32. The molecule has 0 bridgehead atoms. The van der Waals surface area contributed by atoms with Crippen LogP contribution in [0.25, 0.3) is 21.9 Å². The zero-order valence-corrected chi connectivity index (χ0v) is 25.6. The maximum absolute atomic E-state index is 13.1. The van der Waals surface area contributed by atoms with Crippen LogP contribution in [0.15, 0.2) is 109 Å². The molecule has 6 nitrogen and oxygen atoms in total. The Balaban J connectivity index is 1.19.